The van der Waals surface area contributed by atoms with Crippen molar-refractivity contribution in [3.63, 3.8) is 0 Å². The summed E-state index contributed by atoms with van der Waals surface area (Å²) in [6.07, 6.45) is 6.60. The zero-order valence-electron chi connectivity index (χ0n) is 14.6. The molecule has 0 heterocycles. The van der Waals surface area contributed by atoms with E-state index in [-0.39, 0.29) is 12.2 Å². The smallest absolute Gasteiger partial charge is 0.337 e. The molecule has 0 radical (unpaired) electrons. The van der Waals surface area contributed by atoms with Crippen molar-refractivity contribution in [3.05, 3.63) is 65.2 Å². The normalized spacial score (nSPS) is 10.3. The first-order valence-electron chi connectivity index (χ1n) is 7.85. The van der Waals surface area contributed by atoms with Gasteiger partial charge in [0.05, 0.1) is 12.7 Å². The number of ether oxygens (including phenoxy) is 2. The Kier molecular flexibility index (Phi) is 6.76. The minimum absolute atomic E-state index is 0.0823. The average Bonchev–Trinajstić information content (AvgIpc) is 2.70. The molecule has 0 spiro atoms. The molecule has 0 aliphatic carbocycles. The van der Waals surface area contributed by atoms with Gasteiger partial charge in [-0.2, -0.15) is 5.26 Å². The standard InChI is InChI=1S/C21H16N2O4/c1-3-11-27-19-6-4-5-15(13-19)12-17(14-22)20(24)23-18-9-7-16(8-10-18)21(25)26-2/h1,4-10,12-13H,11H2,2H3,(H,23,24)/b17-12-. The molecule has 134 valence electrons. The predicted octanol–water partition coefficient (Wildman–Crippen LogP) is 3.03. The number of carbonyl (C=O) groups excluding carboxylic acids is 2. The van der Waals surface area contributed by atoms with Crippen LogP contribution in [-0.4, -0.2) is 25.6 Å². The molecule has 27 heavy (non-hydrogen) atoms. The minimum Gasteiger partial charge on any atom is -0.481 e. The second-order valence-corrected chi connectivity index (χ2v) is 5.26. The van der Waals surface area contributed by atoms with Crippen LogP contribution in [0, 0.1) is 23.7 Å². The number of hydrogen-bond acceptors (Lipinski definition) is 5. The van der Waals surface area contributed by atoms with Crippen molar-refractivity contribution in [2.24, 2.45) is 0 Å². The number of amides is 1. The van der Waals surface area contributed by atoms with Gasteiger partial charge in [-0.15, -0.1) is 6.42 Å². The number of anilines is 1. The Morgan fingerprint density at radius 3 is 2.59 bits per heavy atom. The quantitative estimate of drug-likeness (QED) is 0.370. The second kappa shape index (κ2) is 9.45. The minimum atomic E-state index is -0.571. The number of terminal acetylenes is 1. The zero-order chi connectivity index (χ0) is 19.6. The third-order valence-electron chi connectivity index (χ3n) is 3.42. The monoisotopic (exact) mass is 360 g/mol. The SMILES string of the molecule is C#CCOc1cccc(/C=C(/C#N)C(=O)Nc2ccc(C(=O)OC)cc2)c1. The van der Waals surface area contributed by atoms with Crippen LogP contribution in [0.1, 0.15) is 15.9 Å². The molecule has 0 aromatic heterocycles. The average molecular weight is 360 g/mol. The first-order chi connectivity index (χ1) is 13.1. The van der Waals surface area contributed by atoms with Crippen molar-refractivity contribution in [1.82, 2.24) is 0 Å². The highest BCUT2D eigenvalue weighted by Gasteiger charge is 2.11. The van der Waals surface area contributed by atoms with Crippen LogP contribution in [0.4, 0.5) is 5.69 Å². The summed E-state index contributed by atoms with van der Waals surface area (Å²) in [5.74, 6) is 1.86. The maximum Gasteiger partial charge on any atom is 0.337 e. The van der Waals surface area contributed by atoms with Crippen molar-refractivity contribution < 1.29 is 19.1 Å². The fourth-order valence-electron chi connectivity index (χ4n) is 2.14. The molecular formula is C21H16N2O4. The topological polar surface area (TPSA) is 88.4 Å². The first kappa shape index (κ1) is 19.3. The molecule has 1 N–H and O–H groups in total. The van der Waals surface area contributed by atoms with E-state index in [0.717, 1.165) is 0 Å². The van der Waals surface area contributed by atoms with E-state index in [1.807, 2.05) is 6.07 Å². The van der Waals surface area contributed by atoms with Gasteiger partial charge >= 0.3 is 5.97 Å². The van der Waals surface area contributed by atoms with E-state index in [1.165, 1.54) is 25.3 Å². The van der Waals surface area contributed by atoms with Crippen molar-refractivity contribution in [3.8, 4) is 24.2 Å². The molecule has 0 aliphatic rings. The van der Waals surface area contributed by atoms with E-state index in [2.05, 4.69) is 16.0 Å². The number of methoxy groups -OCH3 is 1. The summed E-state index contributed by atoms with van der Waals surface area (Å²) in [5, 5.41) is 11.9. The van der Waals surface area contributed by atoms with E-state index in [9.17, 15) is 14.9 Å². The molecular weight excluding hydrogens is 344 g/mol. The largest absolute Gasteiger partial charge is 0.481 e. The molecule has 2 aromatic carbocycles. The molecule has 0 saturated carbocycles. The van der Waals surface area contributed by atoms with Gasteiger partial charge in [-0.1, -0.05) is 18.1 Å². The molecule has 0 saturated heterocycles. The number of esters is 1. The summed E-state index contributed by atoms with van der Waals surface area (Å²) >= 11 is 0. The summed E-state index contributed by atoms with van der Waals surface area (Å²) in [5.41, 5.74) is 1.34. The van der Waals surface area contributed by atoms with Crippen molar-refractivity contribution in [2.75, 3.05) is 19.0 Å². The highest BCUT2D eigenvalue weighted by molar-refractivity contribution is 6.09. The fraction of sp³-hybridized carbons (Fsp3) is 0.0952. The molecule has 2 aromatic rings. The van der Waals surface area contributed by atoms with Gasteiger partial charge in [-0.25, -0.2) is 4.79 Å². The summed E-state index contributed by atoms with van der Waals surface area (Å²) in [4.78, 5) is 23.7. The lowest BCUT2D eigenvalue weighted by Gasteiger charge is -2.06. The van der Waals surface area contributed by atoms with Crippen LogP contribution >= 0.6 is 0 Å². The molecule has 0 atom stereocenters. The Balaban J connectivity index is 2.14. The highest BCUT2D eigenvalue weighted by Crippen LogP contribution is 2.17. The number of carbonyl (C=O) groups is 2. The fourth-order valence-corrected chi connectivity index (χ4v) is 2.14. The Hall–Kier alpha value is -4.03. The second-order valence-electron chi connectivity index (χ2n) is 5.26. The summed E-state index contributed by atoms with van der Waals surface area (Å²) in [6.45, 7) is 0.125. The van der Waals surface area contributed by atoms with Gasteiger partial charge < -0.3 is 14.8 Å². The molecule has 0 fully saturated rings. The van der Waals surface area contributed by atoms with Gasteiger partial charge in [0.25, 0.3) is 5.91 Å². The molecule has 1 amide bonds. The summed E-state index contributed by atoms with van der Waals surface area (Å²) in [6, 6.07) is 14.9. The van der Waals surface area contributed by atoms with Crippen LogP contribution in [0.25, 0.3) is 6.08 Å². The molecule has 6 nitrogen and oxygen atoms in total. The number of benzene rings is 2. The molecule has 2 rings (SSSR count). The Morgan fingerprint density at radius 1 is 1.22 bits per heavy atom. The van der Waals surface area contributed by atoms with E-state index in [4.69, 9.17) is 11.2 Å². The molecule has 6 heteroatoms. The van der Waals surface area contributed by atoms with Crippen LogP contribution in [0.2, 0.25) is 0 Å². The summed E-state index contributed by atoms with van der Waals surface area (Å²) < 4.78 is 9.93. The number of hydrogen-bond donors (Lipinski definition) is 1. The summed E-state index contributed by atoms with van der Waals surface area (Å²) in [7, 11) is 1.29. The zero-order valence-corrected chi connectivity index (χ0v) is 14.6. The maximum absolute atomic E-state index is 12.3. The predicted molar refractivity (Wildman–Crippen MR) is 101 cm³/mol. The molecule has 0 unspecified atom stereocenters. The van der Waals surface area contributed by atoms with Gasteiger partial charge in [-0.05, 0) is 48.0 Å². The third-order valence-corrected chi connectivity index (χ3v) is 3.42. The lowest BCUT2D eigenvalue weighted by molar-refractivity contribution is -0.112. The first-order valence-corrected chi connectivity index (χ1v) is 7.85. The number of rotatable bonds is 6. The van der Waals surface area contributed by atoms with Crippen LogP contribution in [0.15, 0.2) is 54.1 Å². The molecule has 0 aliphatic heterocycles. The number of nitrogens with zero attached hydrogens (tertiary/aromatic N) is 1. The van der Waals surface area contributed by atoms with Crippen molar-refractivity contribution >= 4 is 23.6 Å². The lowest BCUT2D eigenvalue weighted by atomic mass is 10.1. The van der Waals surface area contributed by atoms with E-state index >= 15 is 0 Å². The molecule has 0 bridgehead atoms. The van der Waals surface area contributed by atoms with Crippen LogP contribution in [0.5, 0.6) is 5.75 Å². The van der Waals surface area contributed by atoms with Crippen LogP contribution < -0.4 is 10.1 Å². The Morgan fingerprint density at radius 2 is 1.96 bits per heavy atom. The number of nitrogens with one attached hydrogen (secondary N) is 1. The highest BCUT2D eigenvalue weighted by atomic mass is 16.5. The van der Waals surface area contributed by atoms with Gasteiger partial charge in [-0.3, -0.25) is 4.79 Å². The third kappa shape index (κ3) is 5.48. The van der Waals surface area contributed by atoms with Crippen LogP contribution in [0.3, 0.4) is 0 Å². The van der Waals surface area contributed by atoms with E-state index < -0.39 is 11.9 Å². The van der Waals surface area contributed by atoms with Crippen LogP contribution in [-0.2, 0) is 9.53 Å². The van der Waals surface area contributed by atoms with Gasteiger partial charge in [0.2, 0.25) is 0 Å². The Bertz CT molecular complexity index is 947. The van der Waals surface area contributed by atoms with Gasteiger partial charge in [0.15, 0.2) is 0 Å². The Labute approximate surface area is 157 Å². The van der Waals surface area contributed by atoms with Crippen molar-refractivity contribution in [1.29, 1.82) is 5.26 Å². The lowest BCUT2D eigenvalue weighted by Crippen LogP contribution is -2.13. The van der Waals surface area contributed by atoms with Crippen molar-refractivity contribution in [2.45, 2.75) is 0 Å². The van der Waals surface area contributed by atoms with Gasteiger partial charge in [0, 0.05) is 5.69 Å². The van der Waals surface area contributed by atoms with Gasteiger partial charge in [0.1, 0.15) is 24.0 Å². The van der Waals surface area contributed by atoms with E-state index in [1.54, 1.807) is 36.4 Å². The van der Waals surface area contributed by atoms with E-state index in [0.29, 0.717) is 22.6 Å². The maximum atomic E-state index is 12.3. The number of nitriles is 1.